The zero-order valence-electron chi connectivity index (χ0n) is 14.2. The fourth-order valence-electron chi connectivity index (χ4n) is 2.77. The number of ether oxygens (including phenoxy) is 2. The molecule has 0 radical (unpaired) electrons. The number of thioether (sulfide) groups is 1. The number of fused-ring (bicyclic) bond motifs is 1. The van der Waals surface area contributed by atoms with Crippen LogP contribution >= 0.6 is 11.8 Å². The van der Waals surface area contributed by atoms with Crippen molar-refractivity contribution in [1.82, 2.24) is 14.8 Å². The average Bonchev–Trinajstić information content (AvgIpc) is 3.32. The van der Waals surface area contributed by atoms with Gasteiger partial charge in [-0.15, -0.1) is 10.2 Å². The standard InChI is InChI=1S/C19H17N3O3S/c1-2-22-18(14-8-9-16-17(10-14)25-12-24-16)20-21-19(22)26-11-15(23)13-6-4-3-5-7-13/h3-10H,2,11-12H2,1H3. The molecule has 0 unspecified atom stereocenters. The molecule has 1 aliphatic rings. The van der Waals surface area contributed by atoms with Crippen molar-refractivity contribution in [1.29, 1.82) is 0 Å². The SMILES string of the molecule is CCn1c(SCC(=O)c2ccccc2)nnc1-c1ccc2c(c1)OCO2. The first-order chi connectivity index (χ1) is 12.8. The lowest BCUT2D eigenvalue weighted by molar-refractivity contribution is 0.102. The van der Waals surface area contributed by atoms with Gasteiger partial charge in [0.15, 0.2) is 28.3 Å². The van der Waals surface area contributed by atoms with E-state index in [1.165, 1.54) is 11.8 Å². The van der Waals surface area contributed by atoms with Crippen molar-refractivity contribution in [2.24, 2.45) is 0 Å². The van der Waals surface area contributed by atoms with Crippen molar-refractivity contribution in [3.05, 3.63) is 54.1 Å². The molecule has 0 bridgehead atoms. The van der Waals surface area contributed by atoms with Crippen molar-refractivity contribution in [3.63, 3.8) is 0 Å². The number of aromatic nitrogens is 3. The van der Waals surface area contributed by atoms with Gasteiger partial charge in [0.2, 0.25) is 6.79 Å². The first-order valence-corrected chi connectivity index (χ1v) is 9.29. The summed E-state index contributed by atoms with van der Waals surface area (Å²) in [5.74, 6) is 2.59. The van der Waals surface area contributed by atoms with Gasteiger partial charge in [0, 0.05) is 17.7 Å². The van der Waals surface area contributed by atoms with Crippen molar-refractivity contribution in [2.75, 3.05) is 12.5 Å². The van der Waals surface area contributed by atoms with E-state index in [4.69, 9.17) is 9.47 Å². The van der Waals surface area contributed by atoms with Crippen LogP contribution in [-0.4, -0.2) is 33.1 Å². The van der Waals surface area contributed by atoms with Crippen molar-refractivity contribution < 1.29 is 14.3 Å². The molecule has 0 N–H and O–H groups in total. The van der Waals surface area contributed by atoms with E-state index in [-0.39, 0.29) is 12.6 Å². The second-order valence-electron chi connectivity index (χ2n) is 5.70. The molecule has 0 saturated carbocycles. The number of ketones is 1. The Bertz CT molecular complexity index is 940. The van der Waals surface area contributed by atoms with Gasteiger partial charge >= 0.3 is 0 Å². The first kappa shape index (κ1) is 16.7. The Kier molecular flexibility index (Phi) is 4.62. The smallest absolute Gasteiger partial charge is 0.231 e. The van der Waals surface area contributed by atoms with Crippen LogP contribution in [0.5, 0.6) is 11.5 Å². The highest BCUT2D eigenvalue weighted by atomic mass is 32.2. The molecule has 1 aliphatic heterocycles. The van der Waals surface area contributed by atoms with Crippen LogP contribution in [0.25, 0.3) is 11.4 Å². The van der Waals surface area contributed by atoms with Crippen molar-refractivity contribution in [2.45, 2.75) is 18.6 Å². The monoisotopic (exact) mass is 367 g/mol. The quantitative estimate of drug-likeness (QED) is 0.489. The van der Waals surface area contributed by atoms with Gasteiger partial charge in [-0.25, -0.2) is 0 Å². The summed E-state index contributed by atoms with van der Waals surface area (Å²) in [5.41, 5.74) is 1.61. The fourth-order valence-corrected chi connectivity index (χ4v) is 3.66. The third kappa shape index (κ3) is 3.17. The molecule has 4 rings (SSSR count). The molecule has 0 spiro atoms. The second-order valence-corrected chi connectivity index (χ2v) is 6.64. The van der Waals surface area contributed by atoms with Gasteiger partial charge < -0.3 is 14.0 Å². The molecule has 7 heteroatoms. The molecule has 26 heavy (non-hydrogen) atoms. The Hall–Kier alpha value is -2.80. The number of carbonyl (C=O) groups excluding carboxylic acids is 1. The maximum absolute atomic E-state index is 12.3. The maximum Gasteiger partial charge on any atom is 0.231 e. The Morgan fingerprint density at radius 1 is 1.12 bits per heavy atom. The largest absolute Gasteiger partial charge is 0.454 e. The Morgan fingerprint density at radius 2 is 1.92 bits per heavy atom. The minimum Gasteiger partial charge on any atom is -0.454 e. The summed E-state index contributed by atoms with van der Waals surface area (Å²) in [4.78, 5) is 12.3. The van der Waals surface area contributed by atoms with Crippen molar-refractivity contribution in [3.8, 4) is 22.9 Å². The number of hydrogen-bond donors (Lipinski definition) is 0. The highest BCUT2D eigenvalue weighted by molar-refractivity contribution is 7.99. The number of benzene rings is 2. The predicted octanol–water partition coefficient (Wildman–Crippen LogP) is 3.67. The van der Waals surface area contributed by atoms with Crippen LogP contribution in [0.4, 0.5) is 0 Å². The van der Waals surface area contributed by atoms with E-state index in [9.17, 15) is 4.79 Å². The van der Waals surface area contributed by atoms with E-state index in [1.54, 1.807) is 0 Å². The number of nitrogens with zero attached hydrogens (tertiary/aromatic N) is 3. The van der Waals surface area contributed by atoms with E-state index >= 15 is 0 Å². The minimum atomic E-state index is 0.0749. The Labute approximate surface area is 155 Å². The van der Waals surface area contributed by atoms with Crippen LogP contribution in [0.1, 0.15) is 17.3 Å². The van der Waals surface area contributed by atoms with E-state index in [0.717, 1.165) is 22.3 Å². The van der Waals surface area contributed by atoms with Gasteiger partial charge in [0.25, 0.3) is 0 Å². The molecule has 3 aromatic rings. The van der Waals surface area contributed by atoms with Gasteiger partial charge in [-0.3, -0.25) is 4.79 Å². The zero-order chi connectivity index (χ0) is 17.9. The van der Waals surface area contributed by atoms with Crippen LogP contribution in [0, 0.1) is 0 Å². The van der Waals surface area contributed by atoms with E-state index in [2.05, 4.69) is 10.2 Å². The highest BCUT2D eigenvalue weighted by Crippen LogP contribution is 2.36. The predicted molar refractivity (Wildman–Crippen MR) is 98.8 cm³/mol. The molecule has 132 valence electrons. The highest BCUT2D eigenvalue weighted by Gasteiger charge is 2.19. The molecule has 2 aromatic carbocycles. The molecule has 0 fully saturated rings. The number of Topliss-reactive ketones (excluding diaryl/α,β-unsaturated/α-hetero) is 1. The molecule has 0 atom stereocenters. The van der Waals surface area contributed by atoms with Gasteiger partial charge in [-0.2, -0.15) is 0 Å². The second kappa shape index (κ2) is 7.21. The van der Waals surface area contributed by atoms with Crippen LogP contribution in [0.3, 0.4) is 0 Å². The molecule has 6 nitrogen and oxygen atoms in total. The number of rotatable bonds is 6. The normalized spacial score (nSPS) is 12.3. The van der Waals surface area contributed by atoms with Gasteiger partial charge in [-0.1, -0.05) is 42.1 Å². The molecular weight excluding hydrogens is 350 g/mol. The molecule has 0 aliphatic carbocycles. The number of carbonyl (C=O) groups is 1. The zero-order valence-corrected chi connectivity index (χ0v) is 15.0. The lowest BCUT2D eigenvalue weighted by Gasteiger charge is -2.08. The average molecular weight is 367 g/mol. The van der Waals surface area contributed by atoms with Gasteiger partial charge in [-0.05, 0) is 25.1 Å². The summed E-state index contributed by atoms with van der Waals surface area (Å²) in [6.07, 6.45) is 0. The first-order valence-electron chi connectivity index (χ1n) is 8.30. The van der Waals surface area contributed by atoms with E-state index in [0.29, 0.717) is 23.6 Å². The van der Waals surface area contributed by atoms with E-state index < -0.39 is 0 Å². The van der Waals surface area contributed by atoms with Crippen LogP contribution in [-0.2, 0) is 6.54 Å². The number of hydrogen-bond acceptors (Lipinski definition) is 6. The molecular formula is C19H17N3O3S. The third-order valence-electron chi connectivity index (χ3n) is 4.09. The molecule has 0 saturated heterocycles. The summed E-state index contributed by atoms with van der Waals surface area (Å²) >= 11 is 1.40. The molecule has 2 heterocycles. The summed E-state index contributed by atoms with van der Waals surface area (Å²) in [6, 6.07) is 15.0. The molecule has 0 amide bonds. The summed E-state index contributed by atoms with van der Waals surface area (Å²) < 4.78 is 12.8. The minimum absolute atomic E-state index is 0.0749. The maximum atomic E-state index is 12.3. The Balaban J connectivity index is 1.54. The lowest BCUT2D eigenvalue weighted by atomic mass is 10.2. The fraction of sp³-hybridized carbons (Fsp3) is 0.211. The lowest BCUT2D eigenvalue weighted by Crippen LogP contribution is -2.05. The van der Waals surface area contributed by atoms with Crippen LogP contribution < -0.4 is 9.47 Å². The summed E-state index contributed by atoms with van der Waals surface area (Å²) in [7, 11) is 0. The summed E-state index contributed by atoms with van der Waals surface area (Å²) in [5, 5.41) is 9.32. The Morgan fingerprint density at radius 3 is 2.73 bits per heavy atom. The van der Waals surface area contributed by atoms with E-state index in [1.807, 2.05) is 60.0 Å². The van der Waals surface area contributed by atoms with Crippen LogP contribution in [0.2, 0.25) is 0 Å². The molecule has 1 aromatic heterocycles. The third-order valence-corrected chi connectivity index (χ3v) is 5.06. The van der Waals surface area contributed by atoms with Crippen LogP contribution in [0.15, 0.2) is 53.7 Å². The van der Waals surface area contributed by atoms with Crippen molar-refractivity contribution >= 4 is 17.5 Å². The topological polar surface area (TPSA) is 66.2 Å². The van der Waals surface area contributed by atoms with Gasteiger partial charge in [0.1, 0.15) is 0 Å². The summed E-state index contributed by atoms with van der Waals surface area (Å²) in [6.45, 7) is 2.98. The van der Waals surface area contributed by atoms with Gasteiger partial charge in [0.05, 0.1) is 5.75 Å².